The second kappa shape index (κ2) is 6.09. The molecule has 2 rings (SSSR count). The summed E-state index contributed by atoms with van der Waals surface area (Å²) in [7, 11) is 0. The average Bonchev–Trinajstić information content (AvgIpc) is 2.46. The molecule has 0 aliphatic rings. The van der Waals surface area contributed by atoms with E-state index in [9.17, 15) is 19.8 Å². The molecule has 0 aliphatic carbocycles. The van der Waals surface area contributed by atoms with Crippen LogP contribution in [0.1, 0.15) is 27.4 Å². The summed E-state index contributed by atoms with van der Waals surface area (Å²) in [4.78, 5) is 22.6. The van der Waals surface area contributed by atoms with Gasteiger partial charge in [-0.2, -0.15) is 0 Å². The zero-order valence-electron chi connectivity index (χ0n) is 11.1. The van der Waals surface area contributed by atoms with Gasteiger partial charge in [0.1, 0.15) is 5.75 Å². The fourth-order valence-corrected chi connectivity index (χ4v) is 2.18. The molecule has 0 aromatic heterocycles. The standard InChI is InChI=1S/C16H14O5/c17-12-7-5-10(6-8-12)14(16(20)21)9-11-3-1-2-4-13(11)15(18)19/h1-8,14,17H,9H2,(H,18,19)(H,20,21). The van der Waals surface area contributed by atoms with Crippen molar-refractivity contribution in [3.63, 3.8) is 0 Å². The minimum absolute atomic E-state index is 0.0498. The lowest BCUT2D eigenvalue weighted by molar-refractivity contribution is -0.138. The van der Waals surface area contributed by atoms with Crippen molar-refractivity contribution in [2.75, 3.05) is 0 Å². The van der Waals surface area contributed by atoms with Gasteiger partial charge in [0, 0.05) is 0 Å². The first-order valence-corrected chi connectivity index (χ1v) is 6.32. The summed E-state index contributed by atoms with van der Waals surface area (Å²) in [5.74, 6) is -2.94. The van der Waals surface area contributed by atoms with E-state index in [2.05, 4.69) is 0 Å². The van der Waals surface area contributed by atoms with E-state index in [1.54, 1.807) is 18.2 Å². The third-order valence-corrected chi connectivity index (χ3v) is 3.27. The lowest BCUT2D eigenvalue weighted by atomic mass is 9.90. The van der Waals surface area contributed by atoms with Crippen molar-refractivity contribution in [3.8, 4) is 5.75 Å². The number of aromatic carboxylic acids is 1. The normalized spacial score (nSPS) is 11.8. The number of phenolic OH excluding ortho intramolecular Hbond substituents is 1. The van der Waals surface area contributed by atoms with E-state index in [1.165, 1.54) is 30.3 Å². The van der Waals surface area contributed by atoms with Crippen molar-refractivity contribution >= 4 is 11.9 Å². The van der Waals surface area contributed by atoms with E-state index < -0.39 is 17.9 Å². The Morgan fingerprint density at radius 2 is 1.57 bits per heavy atom. The van der Waals surface area contributed by atoms with Gasteiger partial charge < -0.3 is 15.3 Å². The third kappa shape index (κ3) is 3.39. The molecular formula is C16H14O5. The van der Waals surface area contributed by atoms with Gasteiger partial charge >= 0.3 is 11.9 Å². The van der Waals surface area contributed by atoms with Crippen LogP contribution in [0.4, 0.5) is 0 Å². The second-order valence-corrected chi connectivity index (χ2v) is 4.65. The molecule has 0 saturated heterocycles. The number of carboxylic acid groups (broad SMARTS) is 2. The zero-order chi connectivity index (χ0) is 15.4. The number of hydrogen-bond donors (Lipinski definition) is 3. The molecule has 0 bridgehead atoms. The van der Waals surface area contributed by atoms with Crippen molar-refractivity contribution in [2.24, 2.45) is 0 Å². The Hall–Kier alpha value is -2.82. The Bertz CT molecular complexity index is 661. The van der Waals surface area contributed by atoms with Crippen LogP contribution in [0.3, 0.4) is 0 Å². The Labute approximate surface area is 121 Å². The summed E-state index contributed by atoms with van der Waals surface area (Å²) in [6.07, 6.45) is 0.0720. The van der Waals surface area contributed by atoms with Crippen LogP contribution >= 0.6 is 0 Å². The summed E-state index contributed by atoms with van der Waals surface area (Å²) in [6, 6.07) is 12.2. The number of phenols is 1. The average molecular weight is 286 g/mol. The van der Waals surface area contributed by atoms with Crippen LogP contribution in [0.25, 0.3) is 0 Å². The number of carbonyl (C=O) groups is 2. The minimum Gasteiger partial charge on any atom is -0.508 e. The molecule has 2 aromatic carbocycles. The Morgan fingerprint density at radius 1 is 0.952 bits per heavy atom. The molecule has 0 amide bonds. The fraction of sp³-hybridized carbons (Fsp3) is 0.125. The molecule has 0 heterocycles. The van der Waals surface area contributed by atoms with E-state index in [0.717, 1.165) is 0 Å². The van der Waals surface area contributed by atoms with Crippen molar-refractivity contribution in [2.45, 2.75) is 12.3 Å². The first-order chi connectivity index (χ1) is 9.99. The van der Waals surface area contributed by atoms with E-state index in [4.69, 9.17) is 5.11 Å². The Morgan fingerprint density at radius 3 is 2.14 bits per heavy atom. The van der Waals surface area contributed by atoms with Crippen molar-refractivity contribution in [1.82, 2.24) is 0 Å². The number of benzene rings is 2. The fourth-order valence-electron chi connectivity index (χ4n) is 2.18. The van der Waals surface area contributed by atoms with Gasteiger partial charge in [-0.1, -0.05) is 30.3 Å². The molecule has 1 unspecified atom stereocenters. The van der Waals surface area contributed by atoms with Crippen LogP contribution in [0.2, 0.25) is 0 Å². The van der Waals surface area contributed by atoms with Crippen LogP contribution in [0.5, 0.6) is 5.75 Å². The maximum atomic E-state index is 11.5. The summed E-state index contributed by atoms with van der Waals surface area (Å²) in [5, 5.41) is 27.8. The number of aliphatic carboxylic acids is 1. The molecular weight excluding hydrogens is 272 g/mol. The molecule has 0 saturated carbocycles. The molecule has 108 valence electrons. The van der Waals surface area contributed by atoms with Gasteiger partial charge in [0.2, 0.25) is 0 Å². The molecule has 1 atom stereocenters. The van der Waals surface area contributed by atoms with Gasteiger partial charge in [0.05, 0.1) is 11.5 Å². The Kier molecular flexibility index (Phi) is 4.23. The highest BCUT2D eigenvalue weighted by Gasteiger charge is 2.22. The van der Waals surface area contributed by atoms with Crippen LogP contribution in [-0.4, -0.2) is 27.3 Å². The molecule has 0 radical (unpaired) electrons. The molecule has 0 spiro atoms. The summed E-state index contributed by atoms with van der Waals surface area (Å²) < 4.78 is 0. The smallest absolute Gasteiger partial charge is 0.335 e. The molecule has 5 heteroatoms. The lowest BCUT2D eigenvalue weighted by Gasteiger charge is -2.14. The second-order valence-electron chi connectivity index (χ2n) is 4.65. The predicted octanol–water partition coefficient (Wildman–Crippen LogP) is 2.50. The summed E-state index contributed by atoms with van der Waals surface area (Å²) in [6.45, 7) is 0. The minimum atomic E-state index is -1.08. The number of rotatable bonds is 5. The molecule has 2 aromatic rings. The van der Waals surface area contributed by atoms with Gasteiger partial charge in [-0.25, -0.2) is 4.79 Å². The van der Waals surface area contributed by atoms with Crippen LogP contribution in [-0.2, 0) is 11.2 Å². The van der Waals surface area contributed by atoms with E-state index in [1.807, 2.05) is 0 Å². The number of hydrogen-bond acceptors (Lipinski definition) is 3. The van der Waals surface area contributed by atoms with Gasteiger partial charge in [-0.3, -0.25) is 4.79 Å². The lowest BCUT2D eigenvalue weighted by Crippen LogP contribution is -2.16. The van der Waals surface area contributed by atoms with Crippen LogP contribution in [0, 0.1) is 0 Å². The van der Waals surface area contributed by atoms with Gasteiger partial charge in [0.15, 0.2) is 0 Å². The topological polar surface area (TPSA) is 94.8 Å². The van der Waals surface area contributed by atoms with Crippen LogP contribution in [0.15, 0.2) is 48.5 Å². The van der Waals surface area contributed by atoms with Crippen molar-refractivity contribution in [3.05, 3.63) is 65.2 Å². The van der Waals surface area contributed by atoms with E-state index >= 15 is 0 Å². The predicted molar refractivity (Wildman–Crippen MR) is 75.6 cm³/mol. The number of aromatic hydroxyl groups is 1. The molecule has 3 N–H and O–H groups in total. The molecule has 21 heavy (non-hydrogen) atoms. The quantitative estimate of drug-likeness (QED) is 0.785. The summed E-state index contributed by atoms with van der Waals surface area (Å²) in [5.41, 5.74) is 1.08. The molecule has 5 nitrogen and oxygen atoms in total. The van der Waals surface area contributed by atoms with Crippen LogP contribution < -0.4 is 0 Å². The highest BCUT2D eigenvalue weighted by atomic mass is 16.4. The number of carboxylic acids is 2. The third-order valence-electron chi connectivity index (χ3n) is 3.27. The van der Waals surface area contributed by atoms with Crippen molar-refractivity contribution in [1.29, 1.82) is 0 Å². The van der Waals surface area contributed by atoms with Gasteiger partial charge in [0.25, 0.3) is 0 Å². The van der Waals surface area contributed by atoms with Gasteiger partial charge in [-0.15, -0.1) is 0 Å². The maximum Gasteiger partial charge on any atom is 0.335 e. The monoisotopic (exact) mass is 286 g/mol. The highest BCUT2D eigenvalue weighted by molar-refractivity contribution is 5.89. The summed E-state index contributed by atoms with van der Waals surface area (Å²) >= 11 is 0. The maximum absolute atomic E-state index is 11.5. The SMILES string of the molecule is O=C(O)c1ccccc1CC(C(=O)O)c1ccc(O)cc1. The first kappa shape index (κ1) is 14.6. The zero-order valence-corrected chi connectivity index (χ0v) is 11.1. The highest BCUT2D eigenvalue weighted by Crippen LogP contribution is 2.25. The first-order valence-electron chi connectivity index (χ1n) is 6.32. The van der Waals surface area contributed by atoms with Crippen molar-refractivity contribution < 1.29 is 24.9 Å². The van der Waals surface area contributed by atoms with E-state index in [-0.39, 0.29) is 17.7 Å². The molecule has 0 aliphatic heterocycles. The van der Waals surface area contributed by atoms with Gasteiger partial charge in [-0.05, 0) is 35.7 Å². The Balaban J connectivity index is 2.35. The largest absolute Gasteiger partial charge is 0.508 e. The molecule has 0 fully saturated rings. The van der Waals surface area contributed by atoms with E-state index in [0.29, 0.717) is 11.1 Å².